The van der Waals surface area contributed by atoms with Crippen LogP contribution in [0.5, 0.6) is 0 Å². The Bertz CT molecular complexity index is 408. The molecule has 1 amide bonds. The average molecular weight is 233 g/mol. The molecule has 3 heteroatoms. The van der Waals surface area contributed by atoms with Gasteiger partial charge in [0, 0.05) is 12.6 Å². The van der Waals surface area contributed by atoms with E-state index in [0.29, 0.717) is 5.56 Å². The number of carbonyl (C=O) groups is 1. The highest BCUT2D eigenvalue weighted by molar-refractivity contribution is 5.95. The molecule has 0 unspecified atom stereocenters. The van der Waals surface area contributed by atoms with Crippen molar-refractivity contribution >= 4 is 5.91 Å². The van der Waals surface area contributed by atoms with Gasteiger partial charge in [-0.3, -0.25) is 4.79 Å². The molecule has 3 nitrogen and oxygen atoms in total. The first-order valence-electron chi connectivity index (χ1n) is 6.21. The fraction of sp³-hybridized carbons (Fsp3) is 0.500. The summed E-state index contributed by atoms with van der Waals surface area (Å²) in [5.41, 5.74) is 0.555. The lowest BCUT2D eigenvalue weighted by atomic mass is 9.78. The van der Waals surface area contributed by atoms with Crippen LogP contribution in [0.15, 0.2) is 24.3 Å². The van der Waals surface area contributed by atoms with Crippen LogP contribution in [0.2, 0.25) is 0 Å². The van der Waals surface area contributed by atoms with Crippen LogP contribution in [-0.4, -0.2) is 18.1 Å². The van der Waals surface area contributed by atoms with Crippen LogP contribution in [0.4, 0.5) is 0 Å². The summed E-state index contributed by atoms with van der Waals surface area (Å²) in [6.45, 7) is 0. The van der Waals surface area contributed by atoms with E-state index in [9.17, 15) is 9.90 Å². The van der Waals surface area contributed by atoms with Crippen LogP contribution >= 0.6 is 0 Å². The Morgan fingerprint density at radius 1 is 1.24 bits per heavy atom. The molecule has 2 rings (SSSR count). The Hall–Kier alpha value is -1.35. The zero-order valence-electron chi connectivity index (χ0n) is 10.2. The third kappa shape index (κ3) is 2.34. The van der Waals surface area contributed by atoms with Crippen LogP contribution < -0.4 is 5.32 Å². The lowest BCUT2D eigenvalue weighted by Crippen LogP contribution is -2.32. The molecule has 1 aliphatic carbocycles. The van der Waals surface area contributed by atoms with E-state index in [4.69, 9.17) is 0 Å². The number of carbonyl (C=O) groups excluding carboxylic acids is 1. The summed E-state index contributed by atoms with van der Waals surface area (Å²) in [4.78, 5) is 11.8. The van der Waals surface area contributed by atoms with E-state index in [1.165, 1.54) is 6.42 Å². The molecule has 0 spiro atoms. The standard InChI is InChI=1S/C14H19NO2/c1-15-13(16)11-7-3-4-8-12(11)14(17)9-5-2-6-10-14/h3-4,7-8,17H,2,5-6,9-10H2,1H3,(H,15,16). The fourth-order valence-electron chi connectivity index (χ4n) is 2.63. The maximum absolute atomic E-state index is 11.8. The SMILES string of the molecule is CNC(=O)c1ccccc1C1(O)CCCCC1. The molecule has 1 aliphatic rings. The molecule has 0 bridgehead atoms. The second kappa shape index (κ2) is 4.88. The molecule has 0 saturated heterocycles. The molecule has 0 radical (unpaired) electrons. The minimum Gasteiger partial charge on any atom is -0.385 e. The van der Waals surface area contributed by atoms with Crippen molar-refractivity contribution in [1.82, 2.24) is 5.32 Å². The Balaban J connectivity index is 2.40. The predicted octanol–water partition coefficient (Wildman–Crippen LogP) is 2.20. The molecule has 0 heterocycles. The van der Waals surface area contributed by atoms with E-state index >= 15 is 0 Å². The van der Waals surface area contributed by atoms with Crippen molar-refractivity contribution < 1.29 is 9.90 Å². The smallest absolute Gasteiger partial charge is 0.251 e. The van der Waals surface area contributed by atoms with Crippen LogP contribution in [0, 0.1) is 0 Å². The summed E-state index contributed by atoms with van der Waals surface area (Å²) in [5, 5.41) is 13.3. The van der Waals surface area contributed by atoms with Crippen molar-refractivity contribution in [1.29, 1.82) is 0 Å². The third-order valence-corrected chi connectivity index (χ3v) is 3.58. The van der Waals surface area contributed by atoms with Gasteiger partial charge in [0.15, 0.2) is 0 Å². The number of hydrogen-bond donors (Lipinski definition) is 2. The third-order valence-electron chi connectivity index (χ3n) is 3.58. The van der Waals surface area contributed by atoms with Crippen LogP contribution in [-0.2, 0) is 5.60 Å². The van der Waals surface area contributed by atoms with Gasteiger partial charge in [-0.25, -0.2) is 0 Å². The number of rotatable bonds is 2. The van der Waals surface area contributed by atoms with Gasteiger partial charge in [0.25, 0.3) is 5.91 Å². The van der Waals surface area contributed by atoms with Gasteiger partial charge in [0.05, 0.1) is 5.60 Å². The number of amides is 1. The van der Waals surface area contributed by atoms with Crippen molar-refractivity contribution in [3.8, 4) is 0 Å². The average Bonchev–Trinajstić information content (AvgIpc) is 2.39. The molecule has 0 aliphatic heterocycles. The van der Waals surface area contributed by atoms with Gasteiger partial charge in [-0.15, -0.1) is 0 Å². The van der Waals surface area contributed by atoms with E-state index in [0.717, 1.165) is 31.2 Å². The molecule has 0 atom stereocenters. The number of benzene rings is 1. The summed E-state index contributed by atoms with van der Waals surface area (Å²) < 4.78 is 0. The maximum Gasteiger partial charge on any atom is 0.251 e. The van der Waals surface area contributed by atoms with E-state index in [1.54, 1.807) is 13.1 Å². The monoisotopic (exact) mass is 233 g/mol. The Kier molecular flexibility index (Phi) is 3.48. The summed E-state index contributed by atoms with van der Waals surface area (Å²) in [6.07, 6.45) is 4.73. The molecule has 92 valence electrons. The lowest BCUT2D eigenvalue weighted by Gasteiger charge is -2.33. The lowest BCUT2D eigenvalue weighted by molar-refractivity contribution is -0.00138. The molecule has 2 N–H and O–H groups in total. The predicted molar refractivity (Wildman–Crippen MR) is 66.8 cm³/mol. The second-order valence-electron chi connectivity index (χ2n) is 4.72. The number of nitrogens with one attached hydrogen (secondary N) is 1. The van der Waals surface area contributed by atoms with E-state index < -0.39 is 5.60 Å². The van der Waals surface area contributed by atoms with Crippen molar-refractivity contribution in [2.75, 3.05) is 7.05 Å². The van der Waals surface area contributed by atoms with Gasteiger partial charge in [0.1, 0.15) is 0 Å². The highest BCUT2D eigenvalue weighted by Crippen LogP contribution is 2.38. The van der Waals surface area contributed by atoms with Crippen molar-refractivity contribution in [2.24, 2.45) is 0 Å². The van der Waals surface area contributed by atoms with Gasteiger partial charge in [-0.05, 0) is 24.5 Å². The van der Waals surface area contributed by atoms with Crippen LogP contribution in [0.3, 0.4) is 0 Å². The Morgan fingerprint density at radius 3 is 2.53 bits per heavy atom. The number of hydrogen-bond acceptors (Lipinski definition) is 2. The highest BCUT2D eigenvalue weighted by Gasteiger charge is 2.33. The Morgan fingerprint density at radius 2 is 1.88 bits per heavy atom. The van der Waals surface area contributed by atoms with Crippen molar-refractivity contribution in [3.05, 3.63) is 35.4 Å². The van der Waals surface area contributed by atoms with E-state index in [-0.39, 0.29) is 5.91 Å². The van der Waals surface area contributed by atoms with Gasteiger partial charge in [-0.2, -0.15) is 0 Å². The molecule has 0 aromatic heterocycles. The van der Waals surface area contributed by atoms with Crippen LogP contribution in [0.1, 0.15) is 48.0 Å². The largest absolute Gasteiger partial charge is 0.385 e. The fourth-order valence-corrected chi connectivity index (χ4v) is 2.63. The topological polar surface area (TPSA) is 49.3 Å². The van der Waals surface area contributed by atoms with Gasteiger partial charge < -0.3 is 10.4 Å². The van der Waals surface area contributed by atoms with E-state index in [2.05, 4.69) is 5.32 Å². The first-order chi connectivity index (χ1) is 8.17. The first-order valence-corrected chi connectivity index (χ1v) is 6.21. The molecule has 17 heavy (non-hydrogen) atoms. The van der Waals surface area contributed by atoms with Gasteiger partial charge >= 0.3 is 0 Å². The Labute approximate surface area is 102 Å². The van der Waals surface area contributed by atoms with Crippen molar-refractivity contribution in [2.45, 2.75) is 37.7 Å². The van der Waals surface area contributed by atoms with E-state index in [1.807, 2.05) is 18.2 Å². The van der Waals surface area contributed by atoms with Gasteiger partial charge in [0.2, 0.25) is 0 Å². The summed E-state index contributed by atoms with van der Waals surface area (Å²) in [7, 11) is 1.62. The van der Waals surface area contributed by atoms with Crippen molar-refractivity contribution in [3.63, 3.8) is 0 Å². The summed E-state index contributed by atoms with van der Waals surface area (Å²) >= 11 is 0. The molecule has 1 saturated carbocycles. The zero-order valence-corrected chi connectivity index (χ0v) is 10.2. The second-order valence-corrected chi connectivity index (χ2v) is 4.72. The summed E-state index contributed by atoms with van der Waals surface area (Å²) in [5.74, 6) is -0.125. The molecule has 1 aromatic carbocycles. The molecule has 1 aromatic rings. The summed E-state index contributed by atoms with van der Waals surface area (Å²) in [6, 6.07) is 7.37. The molecular weight excluding hydrogens is 214 g/mol. The minimum atomic E-state index is -0.818. The highest BCUT2D eigenvalue weighted by atomic mass is 16.3. The molecule has 1 fully saturated rings. The molecular formula is C14H19NO2. The zero-order chi connectivity index (χ0) is 12.3. The maximum atomic E-state index is 11.8. The quantitative estimate of drug-likeness (QED) is 0.822. The normalized spacial score (nSPS) is 18.7. The van der Waals surface area contributed by atoms with Gasteiger partial charge in [-0.1, -0.05) is 37.5 Å². The number of aliphatic hydroxyl groups is 1. The first kappa shape index (κ1) is 12.1. The van der Waals surface area contributed by atoms with Crippen LogP contribution in [0.25, 0.3) is 0 Å². The minimum absolute atomic E-state index is 0.125.